The van der Waals surface area contributed by atoms with E-state index in [0.717, 1.165) is 5.56 Å². The molecule has 2 aromatic rings. The second-order valence-corrected chi connectivity index (χ2v) is 6.03. The lowest BCUT2D eigenvalue weighted by Gasteiger charge is -2.12. The molecule has 0 heterocycles. The molecule has 7 heteroatoms. The van der Waals surface area contributed by atoms with Gasteiger partial charge in [0, 0.05) is 23.7 Å². The summed E-state index contributed by atoms with van der Waals surface area (Å²) in [7, 11) is 3.01. The molecule has 0 aliphatic heterocycles. The van der Waals surface area contributed by atoms with E-state index < -0.39 is 5.91 Å². The zero-order valence-corrected chi connectivity index (χ0v) is 15.8. The van der Waals surface area contributed by atoms with Crippen LogP contribution in [0.25, 0.3) is 6.08 Å². The predicted octanol–water partition coefficient (Wildman–Crippen LogP) is 3.56. The van der Waals surface area contributed by atoms with Crippen LogP contribution in [0.4, 0.5) is 5.69 Å². The number of hydrogen-bond donors (Lipinski definition) is 2. The van der Waals surface area contributed by atoms with Crippen molar-refractivity contribution in [2.24, 2.45) is 0 Å². The standard InChI is InChI=1S/C20H18ClN3O3/c1-12-8-17(18(27-3)10-16(12)21)24-20(26)15(11-22)9-13-4-6-14(7-5-13)19(25)23-2/h4-10H,1-3H3,(H,23,25)(H,24,26)/b15-9-. The number of ether oxygens (including phenoxy) is 1. The first-order chi connectivity index (χ1) is 12.9. The number of nitrogens with zero attached hydrogens (tertiary/aromatic N) is 1. The Morgan fingerprint density at radius 3 is 2.44 bits per heavy atom. The summed E-state index contributed by atoms with van der Waals surface area (Å²) in [6.45, 7) is 1.80. The van der Waals surface area contributed by atoms with Crippen LogP contribution in [0.3, 0.4) is 0 Å². The first-order valence-corrected chi connectivity index (χ1v) is 8.36. The van der Waals surface area contributed by atoms with Crippen LogP contribution in [0, 0.1) is 18.3 Å². The zero-order chi connectivity index (χ0) is 20.0. The summed E-state index contributed by atoms with van der Waals surface area (Å²) in [6.07, 6.45) is 1.44. The zero-order valence-electron chi connectivity index (χ0n) is 15.1. The van der Waals surface area contributed by atoms with Gasteiger partial charge in [0.05, 0.1) is 12.8 Å². The van der Waals surface area contributed by atoms with E-state index in [4.69, 9.17) is 16.3 Å². The molecule has 0 fully saturated rings. The van der Waals surface area contributed by atoms with Crippen molar-refractivity contribution in [2.75, 3.05) is 19.5 Å². The van der Waals surface area contributed by atoms with Gasteiger partial charge >= 0.3 is 0 Å². The van der Waals surface area contributed by atoms with Gasteiger partial charge in [0.1, 0.15) is 17.4 Å². The molecule has 0 aromatic heterocycles. The SMILES string of the molecule is CNC(=O)c1ccc(/C=C(/C#N)C(=O)Nc2cc(C)c(Cl)cc2OC)cc1. The summed E-state index contributed by atoms with van der Waals surface area (Å²) in [4.78, 5) is 24.0. The number of rotatable bonds is 5. The van der Waals surface area contributed by atoms with Gasteiger partial charge in [-0.1, -0.05) is 23.7 Å². The first kappa shape index (κ1) is 20.0. The lowest BCUT2D eigenvalue weighted by molar-refractivity contribution is -0.112. The molecule has 0 bridgehead atoms. The van der Waals surface area contributed by atoms with Crippen LogP contribution in [-0.2, 0) is 4.79 Å². The Labute approximate surface area is 162 Å². The van der Waals surface area contributed by atoms with Crippen molar-refractivity contribution in [1.29, 1.82) is 5.26 Å². The number of nitriles is 1. The highest BCUT2D eigenvalue weighted by Gasteiger charge is 2.14. The quantitative estimate of drug-likeness (QED) is 0.610. The molecule has 2 aromatic carbocycles. The maximum absolute atomic E-state index is 12.5. The Kier molecular flexibility index (Phi) is 6.58. The number of hydrogen-bond acceptors (Lipinski definition) is 4. The molecule has 6 nitrogen and oxygen atoms in total. The van der Waals surface area contributed by atoms with Crippen LogP contribution in [-0.4, -0.2) is 26.0 Å². The molecule has 2 rings (SSSR count). The van der Waals surface area contributed by atoms with Crippen molar-refractivity contribution in [3.63, 3.8) is 0 Å². The van der Waals surface area contributed by atoms with E-state index in [1.54, 1.807) is 50.4 Å². The third-order valence-electron chi connectivity index (χ3n) is 3.80. The number of halogens is 1. The number of carbonyl (C=O) groups is 2. The molecule has 0 spiro atoms. The summed E-state index contributed by atoms with van der Waals surface area (Å²) < 4.78 is 5.22. The normalized spacial score (nSPS) is 10.7. The Morgan fingerprint density at radius 1 is 1.22 bits per heavy atom. The minimum absolute atomic E-state index is 0.0858. The fraction of sp³-hybridized carbons (Fsp3) is 0.150. The van der Waals surface area contributed by atoms with E-state index in [-0.39, 0.29) is 11.5 Å². The van der Waals surface area contributed by atoms with Crippen molar-refractivity contribution in [1.82, 2.24) is 5.32 Å². The molecule has 2 amide bonds. The van der Waals surface area contributed by atoms with Crippen molar-refractivity contribution in [3.05, 3.63) is 63.7 Å². The van der Waals surface area contributed by atoms with Crippen molar-refractivity contribution in [3.8, 4) is 11.8 Å². The minimum atomic E-state index is -0.576. The molecule has 0 saturated carbocycles. The largest absolute Gasteiger partial charge is 0.495 e. The number of aryl methyl sites for hydroxylation is 1. The van der Waals surface area contributed by atoms with E-state index in [0.29, 0.717) is 27.6 Å². The van der Waals surface area contributed by atoms with Crippen LogP contribution in [0.1, 0.15) is 21.5 Å². The molecule has 0 aliphatic carbocycles. The van der Waals surface area contributed by atoms with Gasteiger partial charge < -0.3 is 15.4 Å². The first-order valence-electron chi connectivity index (χ1n) is 7.99. The average molecular weight is 384 g/mol. The van der Waals surface area contributed by atoms with E-state index in [9.17, 15) is 14.9 Å². The molecule has 0 atom stereocenters. The lowest BCUT2D eigenvalue weighted by Crippen LogP contribution is -2.17. The summed E-state index contributed by atoms with van der Waals surface area (Å²) >= 11 is 6.06. The molecule has 0 radical (unpaired) electrons. The Morgan fingerprint density at radius 2 is 1.89 bits per heavy atom. The molecule has 0 unspecified atom stereocenters. The second-order valence-electron chi connectivity index (χ2n) is 5.63. The average Bonchev–Trinajstić information content (AvgIpc) is 2.68. The van der Waals surface area contributed by atoms with E-state index >= 15 is 0 Å². The van der Waals surface area contributed by atoms with Crippen LogP contribution in [0.2, 0.25) is 5.02 Å². The topological polar surface area (TPSA) is 91.2 Å². The number of methoxy groups -OCH3 is 1. The highest BCUT2D eigenvalue weighted by Crippen LogP contribution is 2.31. The van der Waals surface area contributed by atoms with E-state index in [1.807, 2.05) is 6.07 Å². The van der Waals surface area contributed by atoms with Crippen LogP contribution in [0.15, 0.2) is 42.0 Å². The summed E-state index contributed by atoms with van der Waals surface area (Å²) in [6, 6.07) is 11.7. The number of amides is 2. The Balaban J connectivity index is 2.26. The van der Waals surface area contributed by atoms with E-state index in [2.05, 4.69) is 10.6 Å². The second kappa shape index (κ2) is 8.88. The fourth-order valence-corrected chi connectivity index (χ4v) is 2.46. The summed E-state index contributed by atoms with van der Waals surface area (Å²) in [5.41, 5.74) is 2.20. The van der Waals surface area contributed by atoms with Gasteiger partial charge in [-0.05, 0) is 42.3 Å². The lowest BCUT2D eigenvalue weighted by atomic mass is 10.1. The van der Waals surface area contributed by atoms with E-state index in [1.165, 1.54) is 13.2 Å². The number of benzene rings is 2. The number of anilines is 1. The van der Waals surface area contributed by atoms with Crippen LogP contribution >= 0.6 is 11.6 Å². The highest BCUT2D eigenvalue weighted by molar-refractivity contribution is 6.31. The molecule has 0 saturated heterocycles. The van der Waals surface area contributed by atoms with Crippen LogP contribution in [0.5, 0.6) is 5.75 Å². The maximum atomic E-state index is 12.5. The highest BCUT2D eigenvalue weighted by atomic mass is 35.5. The molecular weight excluding hydrogens is 366 g/mol. The predicted molar refractivity (Wildman–Crippen MR) is 105 cm³/mol. The third kappa shape index (κ3) is 4.87. The Bertz CT molecular complexity index is 944. The van der Waals surface area contributed by atoms with Crippen molar-refractivity contribution < 1.29 is 14.3 Å². The van der Waals surface area contributed by atoms with Gasteiger partial charge in [-0.25, -0.2) is 0 Å². The van der Waals surface area contributed by atoms with Gasteiger partial charge in [0.2, 0.25) is 0 Å². The smallest absolute Gasteiger partial charge is 0.266 e. The van der Waals surface area contributed by atoms with Gasteiger partial charge in [-0.3, -0.25) is 9.59 Å². The fourth-order valence-electron chi connectivity index (χ4n) is 2.31. The van der Waals surface area contributed by atoms with Crippen molar-refractivity contribution in [2.45, 2.75) is 6.92 Å². The summed E-state index contributed by atoms with van der Waals surface area (Å²) in [5.74, 6) is -0.395. The maximum Gasteiger partial charge on any atom is 0.266 e. The molecule has 138 valence electrons. The number of carbonyl (C=O) groups excluding carboxylic acids is 2. The molecule has 0 aliphatic rings. The summed E-state index contributed by atoms with van der Waals surface area (Å²) in [5, 5.41) is 15.0. The molecule has 2 N–H and O–H groups in total. The van der Waals surface area contributed by atoms with Gasteiger partial charge in [0.15, 0.2) is 0 Å². The monoisotopic (exact) mass is 383 g/mol. The van der Waals surface area contributed by atoms with Gasteiger partial charge in [0.25, 0.3) is 11.8 Å². The Hall–Kier alpha value is -3.30. The van der Waals surface area contributed by atoms with Crippen molar-refractivity contribution >= 4 is 35.2 Å². The molecular formula is C20H18ClN3O3. The van der Waals surface area contributed by atoms with Gasteiger partial charge in [-0.15, -0.1) is 0 Å². The molecule has 27 heavy (non-hydrogen) atoms. The number of nitrogens with one attached hydrogen (secondary N) is 2. The minimum Gasteiger partial charge on any atom is -0.495 e. The van der Waals surface area contributed by atoms with Crippen LogP contribution < -0.4 is 15.4 Å². The third-order valence-corrected chi connectivity index (χ3v) is 4.21. The van der Waals surface area contributed by atoms with Gasteiger partial charge in [-0.2, -0.15) is 5.26 Å².